The number of carbonyl (C=O) groups excluding carboxylic acids is 1. The van der Waals surface area contributed by atoms with Crippen LogP contribution in [0.5, 0.6) is 5.75 Å². The number of aromatic nitrogens is 3. The van der Waals surface area contributed by atoms with Crippen LogP contribution in [-0.2, 0) is 17.9 Å². The zero-order chi connectivity index (χ0) is 23.2. The quantitative estimate of drug-likeness (QED) is 0.228. The number of phenolic OH excluding ortho intramolecular Hbond substituents is 1. The number of urea groups is 1. The summed E-state index contributed by atoms with van der Waals surface area (Å²) in [4.78, 5) is 21.3. The summed E-state index contributed by atoms with van der Waals surface area (Å²) < 4.78 is 7.62. The number of para-hydroxylation sites is 1. The second kappa shape index (κ2) is 10.3. The van der Waals surface area contributed by atoms with Crippen molar-refractivity contribution < 1.29 is 14.6 Å². The van der Waals surface area contributed by atoms with Crippen molar-refractivity contribution in [2.75, 3.05) is 11.9 Å². The van der Waals surface area contributed by atoms with Crippen LogP contribution >= 0.6 is 0 Å². The zero-order valence-corrected chi connectivity index (χ0v) is 18.5. The third-order valence-corrected chi connectivity index (χ3v) is 5.23. The molecule has 0 saturated heterocycles. The first-order valence-corrected chi connectivity index (χ1v) is 10.9. The molecule has 5 N–H and O–H groups in total. The molecule has 0 aliphatic heterocycles. The number of nitrogens with one attached hydrogen (secondary N) is 2. The molecule has 172 valence electrons. The summed E-state index contributed by atoms with van der Waals surface area (Å²) in [6.45, 7) is 3.29. The maximum Gasteiger partial charge on any atom is 0.319 e. The van der Waals surface area contributed by atoms with Crippen LogP contribution in [0.25, 0.3) is 21.9 Å². The Bertz CT molecular complexity index is 1240. The van der Waals surface area contributed by atoms with Crippen molar-refractivity contribution in [3.63, 3.8) is 0 Å². The SMILES string of the molecule is CC(N)OCc1nc2ccc(O)cc2c2c1ncn2CCCCNC(=O)Nc1ccccc1. The van der Waals surface area contributed by atoms with Gasteiger partial charge in [-0.25, -0.2) is 14.8 Å². The van der Waals surface area contributed by atoms with Gasteiger partial charge in [-0.05, 0) is 50.1 Å². The normalized spacial score (nSPS) is 12.2. The number of hydrogen-bond acceptors (Lipinski definition) is 6. The Morgan fingerprint density at radius 3 is 2.82 bits per heavy atom. The van der Waals surface area contributed by atoms with Gasteiger partial charge in [-0.2, -0.15) is 0 Å². The second-order valence-corrected chi connectivity index (χ2v) is 7.87. The largest absolute Gasteiger partial charge is 0.508 e. The van der Waals surface area contributed by atoms with E-state index in [4.69, 9.17) is 10.5 Å². The minimum Gasteiger partial charge on any atom is -0.508 e. The highest BCUT2D eigenvalue weighted by atomic mass is 16.5. The third kappa shape index (κ3) is 5.57. The predicted molar refractivity (Wildman–Crippen MR) is 128 cm³/mol. The van der Waals surface area contributed by atoms with Crippen LogP contribution in [-0.4, -0.2) is 38.4 Å². The minimum atomic E-state index is -0.411. The van der Waals surface area contributed by atoms with E-state index in [0.29, 0.717) is 18.8 Å². The molecule has 2 amide bonds. The van der Waals surface area contributed by atoms with Crippen LogP contribution in [0, 0.1) is 0 Å². The van der Waals surface area contributed by atoms with Gasteiger partial charge in [0.15, 0.2) is 0 Å². The molecule has 0 saturated carbocycles. The van der Waals surface area contributed by atoms with Gasteiger partial charge in [0, 0.05) is 24.2 Å². The smallest absolute Gasteiger partial charge is 0.319 e. The number of amides is 2. The van der Waals surface area contributed by atoms with Crippen molar-refractivity contribution in [2.45, 2.75) is 39.1 Å². The number of carbonyl (C=O) groups is 1. The number of aromatic hydroxyl groups is 1. The van der Waals surface area contributed by atoms with E-state index >= 15 is 0 Å². The first-order valence-electron chi connectivity index (χ1n) is 10.9. The number of aryl methyl sites for hydroxylation is 1. The van der Waals surface area contributed by atoms with E-state index in [9.17, 15) is 9.90 Å². The van der Waals surface area contributed by atoms with Crippen LogP contribution in [0.2, 0.25) is 0 Å². The maximum atomic E-state index is 12.0. The topological polar surface area (TPSA) is 127 Å². The fourth-order valence-corrected chi connectivity index (χ4v) is 3.67. The minimum absolute atomic E-state index is 0.173. The number of ether oxygens (including phenoxy) is 1. The molecule has 0 aliphatic carbocycles. The van der Waals surface area contributed by atoms with Gasteiger partial charge >= 0.3 is 6.03 Å². The average Bonchev–Trinajstić information content (AvgIpc) is 3.22. The molecule has 4 aromatic rings. The number of imidazole rings is 1. The Hall–Kier alpha value is -3.69. The molecule has 2 aromatic heterocycles. The van der Waals surface area contributed by atoms with Crippen molar-refractivity contribution >= 4 is 33.7 Å². The molecule has 0 bridgehead atoms. The number of pyridine rings is 1. The summed E-state index contributed by atoms with van der Waals surface area (Å²) in [5.41, 5.74) is 9.58. The Kier molecular flexibility index (Phi) is 7.01. The molecule has 1 unspecified atom stereocenters. The molecular weight excluding hydrogens is 420 g/mol. The molecule has 0 radical (unpaired) electrons. The lowest BCUT2D eigenvalue weighted by Gasteiger charge is -2.11. The maximum absolute atomic E-state index is 12.0. The van der Waals surface area contributed by atoms with Crippen molar-refractivity contribution in [2.24, 2.45) is 5.73 Å². The first kappa shape index (κ1) is 22.5. The van der Waals surface area contributed by atoms with Gasteiger partial charge in [0.2, 0.25) is 0 Å². The Morgan fingerprint density at radius 1 is 1.21 bits per heavy atom. The standard InChI is InChI=1S/C24H28N6O3/c1-16(25)33-14-21-22-23(19-13-18(31)9-10-20(19)29-21)30(15-27-22)12-6-5-11-26-24(32)28-17-7-3-2-4-8-17/h2-4,7-10,13,15-16,31H,5-6,11-12,14,25H2,1H3,(H2,26,28,32). The number of phenols is 1. The summed E-state index contributed by atoms with van der Waals surface area (Å²) in [6.07, 6.45) is 3.01. The zero-order valence-electron chi connectivity index (χ0n) is 18.5. The summed E-state index contributed by atoms with van der Waals surface area (Å²) in [6, 6.07) is 14.2. The molecule has 2 heterocycles. The van der Waals surface area contributed by atoms with Crippen molar-refractivity contribution in [3.05, 3.63) is 60.6 Å². The average molecular weight is 449 g/mol. The van der Waals surface area contributed by atoms with E-state index in [1.165, 1.54) is 0 Å². The molecule has 33 heavy (non-hydrogen) atoms. The monoisotopic (exact) mass is 448 g/mol. The fourth-order valence-electron chi connectivity index (χ4n) is 3.67. The van der Waals surface area contributed by atoms with Crippen LogP contribution < -0.4 is 16.4 Å². The van der Waals surface area contributed by atoms with Crippen molar-refractivity contribution in [3.8, 4) is 5.75 Å². The number of fused-ring (bicyclic) bond motifs is 3. The van der Waals surface area contributed by atoms with Crippen LogP contribution in [0.4, 0.5) is 10.5 Å². The molecule has 2 aromatic carbocycles. The molecule has 9 nitrogen and oxygen atoms in total. The molecule has 0 spiro atoms. The highest BCUT2D eigenvalue weighted by Gasteiger charge is 2.15. The summed E-state index contributed by atoms with van der Waals surface area (Å²) in [5, 5.41) is 16.5. The third-order valence-electron chi connectivity index (χ3n) is 5.23. The molecule has 1 atom stereocenters. The van der Waals surface area contributed by atoms with E-state index in [2.05, 4.69) is 25.2 Å². The van der Waals surface area contributed by atoms with Gasteiger partial charge in [-0.3, -0.25) is 0 Å². The number of benzene rings is 2. The number of anilines is 1. The van der Waals surface area contributed by atoms with Gasteiger partial charge in [-0.15, -0.1) is 0 Å². The highest BCUT2D eigenvalue weighted by molar-refractivity contribution is 6.03. The van der Waals surface area contributed by atoms with E-state index in [1.54, 1.807) is 31.5 Å². The fraction of sp³-hybridized carbons (Fsp3) is 0.292. The Labute approximate surface area is 191 Å². The lowest BCUT2D eigenvalue weighted by Crippen LogP contribution is -2.29. The Morgan fingerprint density at radius 2 is 2.03 bits per heavy atom. The van der Waals surface area contributed by atoms with E-state index in [1.807, 2.05) is 30.3 Å². The molecule has 9 heteroatoms. The number of rotatable bonds is 9. The Balaban J connectivity index is 1.42. The summed E-state index contributed by atoms with van der Waals surface area (Å²) >= 11 is 0. The lowest BCUT2D eigenvalue weighted by molar-refractivity contribution is 0.0564. The molecule has 4 rings (SSSR count). The van der Waals surface area contributed by atoms with E-state index < -0.39 is 6.23 Å². The van der Waals surface area contributed by atoms with Gasteiger partial charge in [0.05, 0.1) is 29.7 Å². The summed E-state index contributed by atoms with van der Waals surface area (Å²) in [7, 11) is 0. The number of hydrogen-bond donors (Lipinski definition) is 4. The summed E-state index contributed by atoms with van der Waals surface area (Å²) in [5.74, 6) is 0.173. The molecular formula is C24H28N6O3. The number of nitrogens with two attached hydrogens (primary N) is 1. The van der Waals surface area contributed by atoms with Gasteiger partial charge in [0.25, 0.3) is 0 Å². The van der Waals surface area contributed by atoms with Gasteiger partial charge in [0.1, 0.15) is 17.5 Å². The number of unbranched alkanes of at least 4 members (excludes halogenated alkanes) is 1. The van der Waals surface area contributed by atoms with Crippen LogP contribution in [0.15, 0.2) is 54.9 Å². The van der Waals surface area contributed by atoms with Gasteiger partial charge in [-0.1, -0.05) is 18.2 Å². The molecule has 0 fully saturated rings. The van der Waals surface area contributed by atoms with Crippen molar-refractivity contribution in [1.29, 1.82) is 0 Å². The van der Waals surface area contributed by atoms with Crippen molar-refractivity contribution in [1.82, 2.24) is 19.9 Å². The number of nitrogens with zero attached hydrogens (tertiary/aromatic N) is 3. The first-order chi connectivity index (χ1) is 16.0. The van der Waals surface area contributed by atoms with Crippen LogP contribution in [0.1, 0.15) is 25.5 Å². The van der Waals surface area contributed by atoms with E-state index in [0.717, 1.165) is 40.5 Å². The second-order valence-electron chi connectivity index (χ2n) is 7.87. The van der Waals surface area contributed by atoms with Gasteiger partial charge < -0.3 is 30.8 Å². The molecule has 0 aliphatic rings. The predicted octanol–water partition coefficient (Wildman–Crippen LogP) is 3.71. The lowest BCUT2D eigenvalue weighted by atomic mass is 10.1. The van der Waals surface area contributed by atoms with Crippen LogP contribution in [0.3, 0.4) is 0 Å². The van der Waals surface area contributed by atoms with E-state index in [-0.39, 0.29) is 18.4 Å². The highest BCUT2D eigenvalue weighted by Crippen LogP contribution is 2.29.